The number of aryl methyl sites for hydroxylation is 2. The highest BCUT2D eigenvalue weighted by Gasteiger charge is 2.24. The van der Waals surface area contributed by atoms with Gasteiger partial charge in [0.2, 0.25) is 22.7 Å². The van der Waals surface area contributed by atoms with E-state index in [-0.39, 0.29) is 19.4 Å². The Bertz CT molecular complexity index is 1000. The number of ether oxygens (including phenoxy) is 2. The van der Waals surface area contributed by atoms with Crippen LogP contribution in [0.5, 0.6) is 11.5 Å². The van der Waals surface area contributed by atoms with Gasteiger partial charge in [-0.25, -0.2) is 8.42 Å². The molecule has 0 aliphatic carbocycles. The Morgan fingerprint density at radius 1 is 1.14 bits per heavy atom. The minimum absolute atomic E-state index is 0.0889. The zero-order valence-corrected chi connectivity index (χ0v) is 17.2. The molecule has 150 valence electrons. The molecule has 1 heterocycles. The molecule has 0 radical (unpaired) electrons. The second-order valence-electron chi connectivity index (χ2n) is 6.96. The van der Waals surface area contributed by atoms with Crippen molar-refractivity contribution in [3.63, 3.8) is 0 Å². The number of sulfonamides is 1. The SMILES string of the molecule is Cc1ccc([C@@H](C)NC(=O)CN(c2ccc3c(c2)OCO3)S(C)(=O)=O)c(C)c1. The number of carbonyl (C=O) groups excluding carboxylic acids is 1. The van der Waals surface area contributed by atoms with Crippen molar-refractivity contribution in [1.29, 1.82) is 0 Å². The number of fused-ring (bicyclic) bond motifs is 1. The molecule has 8 heteroatoms. The molecule has 1 atom stereocenters. The third kappa shape index (κ3) is 4.39. The number of amides is 1. The molecular weight excluding hydrogens is 380 g/mol. The lowest BCUT2D eigenvalue weighted by atomic mass is 10.0. The Kier molecular flexibility index (Phi) is 5.51. The number of benzene rings is 2. The first-order valence-electron chi connectivity index (χ1n) is 8.89. The van der Waals surface area contributed by atoms with Gasteiger partial charge in [-0.2, -0.15) is 0 Å². The van der Waals surface area contributed by atoms with Gasteiger partial charge in [-0.15, -0.1) is 0 Å². The molecule has 0 fully saturated rings. The van der Waals surface area contributed by atoms with Crippen LogP contribution in [0.2, 0.25) is 0 Å². The molecule has 2 aromatic carbocycles. The van der Waals surface area contributed by atoms with E-state index in [1.807, 2.05) is 39.0 Å². The second kappa shape index (κ2) is 7.71. The molecule has 1 aliphatic heterocycles. The smallest absolute Gasteiger partial charge is 0.241 e. The molecule has 28 heavy (non-hydrogen) atoms. The van der Waals surface area contributed by atoms with Crippen LogP contribution < -0.4 is 19.1 Å². The number of hydrogen-bond donors (Lipinski definition) is 1. The van der Waals surface area contributed by atoms with Crippen molar-refractivity contribution >= 4 is 21.6 Å². The lowest BCUT2D eigenvalue weighted by Gasteiger charge is -2.24. The first-order chi connectivity index (χ1) is 13.1. The summed E-state index contributed by atoms with van der Waals surface area (Å²) in [4.78, 5) is 12.6. The first kappa shape index (κ1) is 20.0. The summed E-state index contributed by atoms with van der Waals surface area (Å²) in [7, 11) is -3.67. The fourth-order valence-corrected chi connectivity index (χ4v) is 4.10. The number of anilines is 1. The first-order valence-corrected chi connectivity index (χ1v) is 10.7. The summed E-state index contributed by atoms with van der Waals surface area (Å²) in [6.45, 7) is 5.63. The summed E-state index contributed by atoms with van der Waals surface area (Å²) in [5.41, 5.74) is 3.56. The van der Waals surface area contributed by atoms with Crippen LogP contribution in [0.15, 0.2) is 36.4 Å². The molecule has 0 saturated heterocycles. The second-order valence-corrected chi connectivity index (χ2v) is 8.86. The van der Waals surface area contributed by atoms with E-state index in [0.29, 0.717) is 17.2 Å². The lowest BCUT2D eigenvalue weighted by molar-refractivity contribution is -0.120. The highest BCUT2D eigenvalue weighted by molar-refractivity contribution is 7.92. The number of hydrogen-bond acceptors (Lipinski definition) is 5. The van der Waals surface area contributed by atoms with Crippen molar-refractivity contribution in [2.75, 3.05) is 23.9 Å². The van der Waals surface area contributed by atoms with Gasteiger partial charge in [-0.3, -0.25) is 9.10 Å². The third-order valence-corrected chi connectivity index (χ3v) is 5.74. The highest BCUT2D eigenvalue weighted by atomic mass is 32.2. The summed E-state index contributed by atoms with van der Waals surface area (Å²) in [6, 6.07) is 10.5. The molecule has 3 rings (SSSR count). The van der Waals surface area contributed by atoms with Crippen molar-refractivity contribution in [1.82, 2.24) is 5.32 Å². The Labute approximate surface area is 165 Å². The van der Waals surface area contributed by atoms with E-state index < -0.39 is 15.9 Å². The van der Waals surface area contributed by atoms with E-state index in [2.05, 4.69) is 5.32 Å². The maximum Gasteiger partial charge on any atom is 0.241 e. The predicted octanol–water partition coefficient (Wildman–Crippen LogP) is 2.68. The fourth-order valence-electron chi connectivity index (χ4n) is 3.25. The van der Waals surface area contributed by atoms with Crippen LogP contribution in [0.1, 0.15) is 29.7 Å². The van der Waals surface area contributed by atoms with Crippen LogP contribution in [-0.2, 0) is 14.8 Å². The van der Waals surface area contributed by atoms with Gasteiger partial charge in [0, 0.05) is 6.07 Å². The normalized spacial score (nSPS) is 13.9. The number of carbonyl (C=O) groups is 1. The van der Waals surface area contributed by atoms with Gasteiger partial charge >= 0.3 is 0 Å². The quantitative estimate of drug-likeness (QED) is 0.800. The van der Waals surface area contributed by atoms with Gasteiger partial charge in [0.15, 0.2) is 11.5 Å². The van der Waals surface area contributed by atoms with Crippen LogP contribution >= 0.6 is 0 Å². The topological polar surface area (TPSA) is 84.9 Å². The molecule has 1 N–H and O–H groups in total. The minimum atomic E-state index is -3.67. The molecule has 1 aliphatic rings. The number of rotatable bonds is 6. The van der Waals surface area contributed by atoms with Crippen LogP contribution in [-0.4, -0.2) is 33.9 Å². The van der Waals surface area contributed by atoms with E-state index in [1.54, 1.807) is 18.2 Å². The van der Waals surface area contributed by atoms with Gasteiger partial charge in [0.1, 0.15) is 6.54 Å². The van der Waals surface area contributed by atoms with E-state index in [9.17, 15) is 13.2 Å². The Balaban J connectivity index is 1.77. The lowest BCUT2D eigenvalue weighted by Crippen LogP contribution is -2.41. The molecule has 0 unspecified atom stereocenters. The van der Waals surface area contributed by atoms with E-state index >= 15 is 0 Å². The van der Waals surface area contributed by atoms with Gasteiger partial charge in [-0.1, -0.05) is 23.8 Å². The molecule has 0 spiro atoms. The van der Waals surface area contributed by atoms with E-state index in [4.69, 9.17) is 9.47 Å². The van der Waals surface area contributed by atoms with E-state index in [1.165, 1.54) is 0 Å². The van der Waals surface area contributed by atoms with Crippen molar-refractivity contribution < 1.29 is 22.7 Å². The van der Waals surface area contributed by atoms with Crippen molar-refractivity contribution in [3.8, 4) is 11.5 Å². The van der Waals surface area contributed by atoms with Crippen LogP contribution in [0.25, 0.3) is 0 Å². The summed E-state index contributed by atoms with van der Waals surface area (Å²) < 4.78 is 36.2. The van der Waals surface area contributed by atoms with Crippen LogP contribution in [0, 0.1) is 13.8 Å². The molecule has 2 aromatic rings. The predicted molar refractivity (Wildman–Crippen MR) is 107 cm³/mol. The molecular formula is C20H24N2O5S. The fraction of sp³-hybridized carbons (Fsp3) is 0.350. The van der Waals surface area contributed by atoms with Gasteiger partial charge in [0.25, 0.3) is 0 Å². The van der Waals surface area contributed by atoms with Crippen molar-refractivity contribution in [2.45, 2.75) is 26.8 Å². The summed E-state index contributed by atoms with van der Waals surface area (Å²) in [5.74, 6) is 0.607. The highest BCUT2D eigenvalue weighted by Crippen LogP contribution is 2.36. The average Bonchev–Trinajstić information content (AvgIpc) is 3.06. The van der Waals surface area contributed by atoms with Crippen molar-refractivity contribution in [3.05, 3.63) is 53.1 Å². The standard InChI is InChI=1S/C20H24N2O5S/c1-13-5-7-17(14(2)9-13)15(3)21-20(23)11-22(28(4,24)25)16-6-8-18-19(10-16)27-12-26-18/h5-10,15H,11-12H2,1-4H3,(H,21,23)/t15-/m1/s1. The monoisotopic (exact) mass is 404 g/mol. The Hall–Kier alpha value is -2.74. The average molecular weight is 404 g/mol. The summed E-state index contributed by atoms with van der Waals surface area (Å²) in [5, 5.41) is 2.88. The Morgan fingerprint density at radius 3 is 2.54 bits per heavy atom. The number of nitrogens with zero attached hydrogens (tertiary/aromatic N) is 1. The van der Waals surface area contributed by atoms with Crippen LogP contribution in [0.4, 0.5) is 5.69 Å². The zero-order valence-electron chi connectivity index (χ0n) is 16.4. The molecule has 7 nitrogen and oxygen atoms in total. The summed E-state index contributed by atoms with van der Waals surface area (Å²) in [6.07, 6.45) is 1.07. The zero-order chi connectivity index (χ0) is 20.5. The van der Waals surface area contributed by atoms with E-state index in [0.717, 1.165) is 27.3 Å². The van der Waals surface area contributed by atoms with Crippen molar-refractivity contribution in [2.24, 2.45) is 0 Å². The minimum Gasteiger partial charge on any atom is -0.454 e. The molecule has 0 saturated carbocycles. The molecule has 0 bridgehead atoms. The Morgan fingerprint density at radius 2 is 1.86 bits per heavy atom. The number of nitrogens with one attached hydrogen (secondary N) is 1. The largest absolute Gasteiger partial charge is 0.454 e. The van der Waals surface area contributed by atoms with Gasteiger partial charge in [0.05, 0.1) is 18.0 Å². The maximum absolute atomic E-state index is 12.6. The van der Waals surface area contributed by atoms with Gasteiger partial charge < -0.3 is 14.8 Å². The third-order valence-electron chi connectivity index (χ3n) is 4.60. The maximum atomic E-state index is 12.6. The molecule has 0 aromatic heterocycles. The molecule has 1 amide bonds. The van der Waals surface area contributed by atoms with Gasteiger partial charge in [-0.05, 0) is 44.0 Å². The van der Waals surface area contributed by atoms with Crippen LogP contribution in [0.3, 0.4) is 0 Å². The summed E-state index contributed by atoms with van der Waals surface area (Å²) >= 11 is 0.